The van der Waals surface area contributed by atoms with Crippen molar-refractivity contribution < 1.29 is 17.9 Å². The standard InChI is InChI=1S/C14H24N2O4S2/c1-10-7-8-11(21-10)22(18,19)15-9-14(5,6)16-12(17)20-13(2,3)4/h7-8,15H,9H2,1-6H3,(H,16,17). The molecular formula is C14H24N2O4S2. The van der Waals surface area contributed by atoms with E-state index in [1.807, 2.05) is 6.92 Å². The van der Waals surface area contributed by atoms with Crippen LogP contribution >= 0.6 is 11.3 Å². The highest BCUT2D eigenvalue weighted by Gasteiger charge is 2.27. The maximum atomic E-state index is 12.2. The summed E-state index contributed by atoms with van der Waals surface area (Å²) in [5.74, 6) is 0. The van der Waals surface area contributed by atoms with Crippen LogP contribution in [0.4, 0.5) is 4.79 Å². The Bertz CT molecular complexity index is 628. The highest BCUT2D eigenvalue weighted by atomic mass is 32.2. The number of carbonyl (C=O) groups excluding carboxylic acids is 1. The van der Waals surface area contributed by atoms with E-state index in [1.165, 1.54) is 11.3 Å². The van der Waals surface area contributed by atoms with Gasteiger partial charge in [0.2, 0.25) is 10.0 Å². The lowest BCUT2D eigenvalue weighted by Gasteiger charge is -2.28. The molecule has 126 valence electrons. The van der Waals surface area contributed by atoms with E-state index in [0.717, 1.165) is 4.88 Å². The minimum atomic E-state index is -3.57. The van der Waals surface area contributed by atoms with Crippen molar-refractivity contribution in [2.75, 3.05) is 6.54 Å². The Morgan fingerprint density at radius 3 is 2.27 bits per heavy atom. The van der Waals surface area contributed by atoms with Crippen LogP contribution in [0.1, 0.15) is 39.5 Å². The van der Waals surface area contributed by atoms with Crippen molar-refractivity contribution in [1.82, 2.24) is 10.0 Å². The molecule has 0 spiro atoms. The van der Waals surface area contributed by atoms with E-state index in [0.29, 0.717) is 0 Å². The molecule has 0 aliphatic rings. The van der Waals surface area contributed by atoms with Crippen LogP contribution < -0.4 is 10.0 Å². The van der Waals surface area contributed by atoms with Crippen LogP contribution in [0, 0.1) is 6.92 Å². The summed E-state index contributed by atoms with van der Waals surface area (Å²) >= 11 is 1.20. The average Bonchev–Trinajstić information content (AvgIpc) is 2.71. The van der Waals surface area contributed by atoms with Crippen LogP contribution in [0.5, 0.6) is 0 Å². The number of hydrogen-bond acceptors (Lipinski definition) is 5. The second kappa shape index (κ2) is 6.55. The summed E-state index contributed by atoms with van der Waals surface area (Å²) in [6.07, 6.45) is -0.580. The predicted molar refractivity (Wildman–Crippen MR) is 87.7 cm³/mol. The van der Waals surface area contributed by atoms with Gasteiger partial charge in [-0.2, -0.15) is 0 Å². The summed E-state index contributed by atoms with van der Waals surface area (Å²) in [6.45, 7) is 10.6. The van der Waals surface area contributed by atoms with Crippen molar-refractivity contribution in [1.29, 1.82) is 0 Å². The molecule has 0 atom stereocenters. The van der Waals surface area contributed by atoms with Crippen LogP contribution in [0.3, 0.4) is 0 Å². The molecule has 0 unspecified atom stereocenters. The average molecular weight is 348 g/mol. The van der Waals surface area contributed by atoms with Gasteiger partial charge in [0, 0.05) is 11.4 Å². The minimum absolute atomic E-state index is 0.0610. The van der Waals surface area contributed by atoms with E-state index in [2.05, 4.69) is 10.0 Å². The first-order chi connectivity index (χ1) is 9.81. The Labute approximate surface area is 136 Å². The molecule has 22 heavy (non-hydrogen) atoms. The van der Waals surface area contributed by atoms with Gasteiger partial charge in [-0.05, 0) is 53.7 Å². The fraction of sp³-hybridized carbons (Fsp3) is 0.643. The van der Waals surface area contributed by atoms with Gasteiger partial charge in [0.1, 0.15) is 9.81 Å². The van der Waals surface area contributed by atoms with Gasteiger partial charge in [0.05, 0.1) is 5.54 Å². The van der Waals surface area contributed by atoms with Crippen molar-refractivity contribution in [2.24, 2.45) is 0 Å². The number of ether oxygens (including phenoxy) is 1. The lowest BCUT2D eigenvalue weighted by atomic mass is 10.1. The third kappa shape index (κ3) is 6.33. The van der Waals surface area contributed by atoms with E-state index in [9.17, 15) is 13.2 Å². The van der Waals surface area contributed by atoms with E-state index >= 15 is 0 Å². The maximum Gasteiger partial charge on any atom is 0.408 e. The van der Waals surface area contributed by atoms with Crippen LogP contribution in [0.25, 0.3) is 0 Å². The molecule has 1 aromatic heterocycles. The number of amides is 1. The molecule has 6 nitrogen and oxygen atoms in total. The van der Waals surface area contributed by atoms with Crippen LogP contribution in [-0.2, 0) is 14.8 Å². The molecule has 0 saturated heterocycles. The van der Waals surface area contributed by atoms with Gasteiger partial charge in [-0.1, -0.05) is 0 Å². The van der Waals surface area contributed by atoms with Gasteiger partial charge < -0.3 is 10.1 Å². The van der Waals surface area contributed by atoms with Crippen molar-refractivity contribution in [2.45, 2.75) is 56.9 Å². The lowest BCUT2D eigenvalue weighted by Crippen LogP contribution is -2.52. The Kier molecular flexibility index (Phi) is 5.64. The molecular weight excluding hydrogens is 324 g/mol. The number of rotatable bonds is 5. The van der Waals surface area contributed by atoms with Crippen LogP contribution in [0.2, 0.25) is 0 Å². The summed E-state index contributed by atoms with van der Waals surface area (Å²) in [7, 11) is -3.57. The lowest BCUT2D eigenvalue weighted by molar-refractivity contribution is 0.0474. The van der Waals surface area contributed by atoms with Gasteiger partial charge in [-0.15, -0.1) is 11.3 Å². The molecule has 1 rings (SSSR count). The molecule has 0 fully saturated rings. The van der Waals surface area contributed by atoms with Gasteiger partial charge >= 0.3 is 6.09 Å². The van der Waals surface area contributed by atoms with Gasteiger partial charge in [-0.25, -0.2) is 17.9 Å². The summed E-state index contributed by atoms with van der Waals surface area (Å²) in [5.41, 5.74) is -1.38. The third-order valence-electron chi connectivity index (χ3n) is 2.52. The molecule has 0 aliphatic heterocycles. The summed E-state index contributed by atoms with van der Waals surface area (Å²) in [6, 6.07) is 3.32. The topological polar surface area (TPSA) is 84.5 Å². The van der Waals surface area contributed by atoms with E-state index in [4.69, 9.17) is 4.74 Å². The normalized spacial score (nSPS) is 13.0. The maximum absolute atomic E-state index is 12.2. The summed E-state index contributed by atoms with van der Waals surface area (Å²) in [4.78, 5) is 12.7. The molecule has 0 radical (unpaired) electrons. The van der Waals surface area contributed by atoms with E-state index in [-0.39, 0.29) is 10.8 Å². The Hall–Kier alpha value is -1.12. The fourth-order valence-corrected chi connectivity index (χ4v) is 4.07. The molecule has 1 amide bonds. The number of nitrogens with one attached hydrogen (secondary N) is 2. The zero-order chi connectivity index (χ0) is 17.2. The Morgan fingerprint density at radius 2 is 1.82 bits per heavy atom. The molecule has 8 heteroatoms. The van der Waals surface area contributed by atoms with Crippen molar-refractivity contribution >= 4 is 27.5 Å². The molecule has 1 aromatic rings. The quantitative estimate of drug-likeness (QED) is 0.857. The molecule has 2 N–H and O–H groups in total. The van der Waals surface area contributed by atoms with E-state index in [1.54, 1.807) is 46.8 Å². The fourth-order valence-electron chi connectivity index (χ4n) is 1.53. The van der Waals surface area contributed by atoms with Crippen LogP contribution in [-0.4, -0.2) is 32.2 Å². The van der Waals surface area contributed by atoms with Crippen LogP contribution in [0.15, 0.2) is 16.3 Å². The Morgan fingerprint density at radius 1 is 1.23 bits per heavy atom. The second-order valence-corrected chi connectivity index (χ2v) is 9.98. The number of sulfonamides is 1. The number of hydrogen-bond donors (Lipinski definition) is 2. The Balaban J connectivity index is 2.64. The first-order valence-electron chi connectivity index (χ1n) is 6.88. The molecule has 0 saturated carbocycles. The highest BCUT2D eigenvalue weighted by molar-refractivity contribution is 7.91. The molecule has 0 bridgehead atoms. The number of carbonyl (C=O) groups is 1. The number of alkyl carbamates (subject to hydrolysis) is 1. The minimum Gasteiger partial charge on any atom is -0.444 e. The van der Waals surface area contributed by atoms with Gasteiger partial charge in [0.15, 0.2) is 0 Å². The second-order valence-electron chi connectivity index (χ2n) is 6.70. The summed E-state index contributed by atoms with van der Waals surface area (Å²) < 4.78 is 32.3. The monoisotopic (exact) mass is 348 g/mol. The molecule has 0 aromatic carbocycles. The predicted octanol–water partition coefficient (Wildman–Crippen LogP) is 2.64. The third-order valence-corrected chi connectivity index (χ3v) is 5.42. The zero-order valence-electron chi connectivity index (χ0n) is 13.8. The number of thiophene rings is 1. The van der Waals surface area contributed by atoms with Crippen molar-refractivity contribution in [3.05, 3.63) is 17.0 Å². The summed E-state index contributed by atoms with van der Waals surface area (Å²) in [5, 5.41) is 2.66. The largest absolute Gasteiger partial charge is 0.444 e. The van der Waals surface area contributed by atoms with Crippen molar-refractivity contribution in [3.63, 3.8) is 0 Å². The first-order valence-corrected chi connectivity index (χ1v) is 9.18. The molecule has 0 aliphatic carbocycles. The smallest absolute Gasteiger partial charge is 0.408 e. The SMILES string of the molecule is Cc1ccc(S(=O)(=O)NCC(C)(C)NC(=O)OC(C)(C)C)s1. The van der Waals surface area contributed by atoms with Crippen molar-refractivity contribution in [3.8, 4) is 0 Å². The first kappa shape index (κ1) is 18.9. The van der Waals surface area contributed by atoms with Gasteiger partial charge in [0.25, 0.3) is 0 Å². The molecule has 1 heterocycles. The zero-order valence-corrected chi connectivity index (χ0v) is 15.4. The van der Waals surface area contributed by atoms with Gasteiger partial charge in [-0.3, -0.25) is 0 Å². The van der Waals surface area contributed by atoms with E-state index < -0.39 is 27.3 Å². The highest BCUT2D eigenvalue weighted by Crippen LogP contribution is 2.20. The number of aryl methyl sites for hydroxylation is 1.